The fourth-order valence-corrected chi connectivity index (χ4v) is 1.07. The molecule has 0 spiro atoms. The van der Waals surface area contributed by atoms with Crippen LogP contribution in [0.25, 0.3) is 0 Å². The van der Waals surface area contributed by atoms with Crippen LogP contribution in [0.15, 0.2) is 28.7 Å². The standard InChI is InChI=1S/C8H8BrNO.CH4/c9-7-3-1-6(2-4-7)5-8(10)11;/h1-4H,5H2,(H2,10,11);1H4. The monoisotopic (exact) mass is 229 g/mol. The Hall–Kier alpha value is -0.830. The molecule has 0 heterocycles. The largest absolute Gasteiger partial charge is 0.369 e. The Bertz CT molecular complexity index is 256. The van der Waals surface area contributed by atoms with Gasteiger partial charge in [-0.15, -0.1) is 0 Å². The second-order valence-corrected chi connectivity index (χ2v) is 3.19. The number of amides is 1. The number of halogens is 1. The molecule has 0 saturated heterocycles. The highest BCUT2D eigenvalue weighted by Crippen LogP contribution is 2.10. The van der Waals surface area contributed by atoms with Gasteiger partial charge in [0.1, 0.15) is 0 Å². The van der Waals surface area contributed by atoms with E-state index >= 15 is 0 Å². The van der Waals surface area contributed by atoms with Crippen molar-refractivity contribution in [2.24, 2.45) is 5.73 Å². The number of carbonyl (C=O) groups excluding carboxylic acids is 1. The van der Waals surface area contributed by atoms with Crippen LogP contribution in [0.5, 0.6) is 0 Å². The van der Waals surface area contributed by atoms with E-state index in [0.717, 1.165) is 10.0 Å². The van der Waals surface area contributed by atoms with Crippen LogP contribution in [-0.4, -0.2) is 5.91 Å². The quantitative estimate of drug-likeness (QED) is 0.830. The fourth-order valence-electron chi connectivity index (χ4n) is 0.803. The van der Waals surface area contributed by atoms with Gasteiger partial charge in [-0.25, -0.2) is 0 Å². The highest BCUT2D eigenvalue weighted by atomic mass is 79.9. The topological polar surface area (TPSA) is 43.1 Å². The zero-order valence-electron chi connectivity index (χ0n) is 5.88. The summed E-state index contributed by atoms with van der Waals surface area (Å²) in [6.07, 6.45) is 0.313. The zero-order valence-corrected chi connectivity index (χ0v) is 7.47. The Morgan fingerprint density at radius 3 is 2.25 bits per heavy atom. The Labute approximate surface area is 80.9 Å². The van der Waals surface area contributed by atoms with Crippen molar-refractivity contribution in [1.82, 2.24) is 0 Å². The maximum atomic E-state index is 10.5. The summed E-state index contributed by atoms with van der Waals surface area (Å²) in [5.41, 5.74) is 5.96. The first-order valence-electron chi connectivity index (χ1n) is 3.21. The summed E-state index contributed by atoms with van der Waals surface area (Å²) < 4.78 is 1.01. The van der Waals surface area contributed by atoms with E-state index in [-0.39, 0.29) is 13.3 Å². The van der Waals surface area contributed by atoms with E-state index < -0.39 is 0 Å². The summed E-state index contributed by atoms with van der Waals surface area (Å²) in [5.74, 6) is -0.299. The van der Waals surface area contributed by atoms with Crippen molar-refractivity contribution in [3.8, 4) is 0 Å². The van der Waals surface area contributed by atoms with E-state index in [0.29, 0.717) is 6.42 Å². The summed E-state index contributed by atoms with van der Waals surface area (Å²) in [6.45, 7) is 0. The van der Waals surface area contributed by atoms with Crippen LogP contribution in [-0.2, 0) is 11.2 Å². The van der Waals surface area contributed by atoms with Gasteiger partial charge < -0.3 is 5.73 Å². The smallest absolute Gasteiger partial charge is 0.221 e. The van der Waals surface area contributed by atoms with Gasteiger partial charge in [0.25, 0.3) is 0 Å². The molecule has 0 aliphatic carbocycles. The van der Waals surface area contributed by atoms with Gasteiger partial charge in [0.2, 0.25) is 5.91 Å². The molecule has 0 atom stereocenters. The third kappa shape index (κ3) is 3.53. The highest BCUT2D eigenvalue weighted by Gasteiger charge is 1.96. The molecule has 0 aromatic heterocycles. The molecule has 1 aromatic rings. The van der Waals surface area contributed by atoms with Gasteiger partial charge in [-0.2, -0.15) is 0 Å². The molecule has 1 amide bonds. The Morgan fingerprint density at radius 2 is 1.83 bits per heavy atom. The van der Waals surface area contributed by atoms with Crippen LogP contribution in [0.1, 0.15) is 13.0 Å². The number of nitrogens with two attached hydrogens (primary N) is 1. The maximum absolute atomic E-state index is 10.5. The van der Waals surface area contributed by atoms with Crippen molar-refractivity contribution in [2.75, 3.05) is 0 Å². The van der Waals surface area contributed by atoms with E-state index in [1.165, 1.54) is 0 Å². The van der Waals surface area contributed by atoms with E-state index in [2.05, 4.69) is 15.9 Å². The van der Waals surface area contributed by atoms with Crippen molar-refractivity contribution in [3.05, 3.63) is 34.3 Å². The zero-order chi connectivity index (χ0) is 8.27. The van der Waals surface area contributed by atoms with Crippen LogP contribution in [0.2, 0.25) is 0 Å². The molecule has 0 radical (unpaired) electrons. The molecule has 1 rings (SSSR count). The lowest BCUT2D eigenvalue weighted by atomic mass is 10.1. The van der Waals surface area contributed by atoms with Crippen molar-refractivity contribution in [3.63, 3.8) is 0 Å². The lowest BCUT2D eigenvalue weighted by Gasteiger charge is -1.95. The average molecular weight is 230 g/mol. The minimum absolute atomic E-state index is 0. The van der Waals surface area contributed by atoms with Gasteiger partial charge >= 0.3 is 0 Å². The summed E-state index contributed by atoms with van der Waals surface area (Å²) in [4.78, 5) is 10.5. The van der Waals surface area contributed by atoms with Gasteiger partial charge in [0.05, 0.1) is 6.42 Å². The molecule has 0 unspecified atom stereocenters. The van der Waals surface area contributed by atoms with E-state index in [4.69, 9.17) is 5.73 Å². The number of carbonyl (C=O) groups is 1. The summed E-state index contributed by atoms with van der Waals surface area (Å²) >= 11 is 3.30. The molecule has 2 nitrogen and oxygen atoms in total. The van der Waals surface area contributed by atoms with E-state index in [1.54, 1.807) is 0 Å². The van der Waals surface area contributed by atoms with Gasteiger partial charge in [-0.1, -0.05) is 35.5 Å². The molecule has 0 saturated carbocycles. The minimum Gasteiger partial charge on any atom is -0.369 e. The summed E-state index contributed by atoms with van der Waals surface area (Å²) in [6, 6.07) is 7.51. The van der Waals surface area contributed by atoms with Gasteiger partial charge in [-0.05, 0) is 17.7 Å². The van der Waals surface area contributed by atoms with Gasteiger partial charge in [-0.3, -0.25) is 4.79 Å². The number of benzene rings is 1. The Kier molecular flexibility index (Phi) is 4.59. The van der Waals surface area contributed by atoms with Crippen molar-refractivity contribution >= 4 is 21.8 Å². The predicted octanol–water partition coefficient (Wildman–Crippen LogP) is 2.11. The van der Waals surface area contributed by atoms with Gasteiger partial charge in [0, 0.05) is 4.47 Å². The van der Waals surface area contributed by atoms with Crippen LogP contribution in [0.4, 0.5) is 0 Å². The van der Waals surface area contributed by atoms with Crippen LogP contribution in [0.3, 0.4) is 0 Å². The summed E-state index contributed by atoms with van der Waals surface area (Å²) in [7, 11) is 0. The van der Waals surface area contributed by atoms with Crippen molar-refractivity contribution in [2.45, 2.75) is 13.8 Å². The number of hydrogen-bond donors (Lipinski definition) is 1. The normalized spacial score (nSPS) is 8.75. The predicted molar refractivity (Wildman–Crippen MR) is 53.8 cm³/mol. The minimum atomic E-state index is -0.299. The third-order valence-corrected chi connectivity index (χ3v) is 1.82. The first kappa shape index (κ1) is 11.2. The van der Waals surface area contributed by atoms with Crippen LogP contribution in [0, 0.1) is 0 Å². The van der Waals surface area contributed by atoms with E-state index in [9.17, 15) is 4.79 Å². The molecular weight excluding hydrogens is 218 g/mol. The second kappa shape index (κ2) is 4.93. The first-order chi connectivity index (χ1) is 5.18. The SMILES string of the molecule is C.NC(=O)Cc1ccc(Br)cc1. The van der Waals surface area contributed by atoms with Gasteiger partial charge in [0.15, 0.2) is 0 Å². The fraction of sp³-hybridized carbons (Fsp3) is 0.222. The highest BCUT2D eigenvalue weighted by molar-refractivity contribution is 9.10. The third-order valence-electron chi connectivity index (χ3n) is 1.29. The molecule has 12 heavy (non-hydrogen) atoms. The Morgan fingerprint density at radius 1 is 1.33 bits per heavy atom. The summed E-state index contributed by atoms with van der Waals surface area (Å²) in [5, 5.41) is 0. The molecule has 0 fully saturated rings. The van der Waals surface area contributed by atoms with Crippen LogP contribution >= 0.6 is 15.9 Å². The van der Waals surface area contributed by atoms with Crippen molar-refractivity contribution < 1.29 is 4.79 Å². The Balaban J connectivity index is 0.00000121. The molecule has 0 aliphatic heterocycles. The maximum Gasteiger partial charge on any atom is 0.221 e. The van der Waals surface area contributed by atoms with Crippen molar-refractivity contribution in [1.29, 1.82) is 0 Å². The lowest BCUT2D eigenvalue weighted by Crippen LogP contribution is -2.13. The van der Waals surface area contributed by atoms with E-state index in [1.807, 2.05) is 24.3 Å². The first-order valence-corrected chi connectivity index (χ1v) is 4.00. The average Bonchev–Trinajstić information content (AvgIpc) is 1.93. The molecular formula is C9H12BrNO. The molecule has 3 heteroatoms. The molecule has 66 valence electrons. The number of primary amides is 1. The molecule has 0 bridgehead atoms. The lowest BCUT2D eigenvalue weighted by molar-refractivity contribution is -0.117. The molecule has 0 aliphatic rings. The number of rotatable bonds is 2. The number of hydrogen-bond acceptors (Lipinski definition) is 1. The van der Waals surface area contributed by atoms with Crippen LogP contribution < -0.4 is 5.73 Å². The molecule has 1 aromatic carbocycles. The second-order valence-electron chi connectivity index (χ2n) is 2.27. The molecule has 2 N–H and O–H groups in total.